The average molecular weight is 812 g/mol. The molecular formula is C48H65N3O6S. The Morgan fingerprint density at radius 2 is 1.60 bits per heavy atom. The molecule has 1 saturated carbocycles. The summed E-state index contributed by atoms with van der Waals surface area (Å²) >= 11 is 1.57. The summed E-state index contributed by atoms with van der Waals surface area (Å²) in [4.78, 5) is 32.7. The molecule has 0 amide bonds. The largest absolute Gasteiger partial charge is 0.494 e. The lowest BCUT2D eigenvalue weighted by molar-refractivity contribution is -0.140. The van der Waals surface area contributed by atoms with E-state index in [-0.39, 0.29) is 11.9 Å². The highest BCUT2D eigenvalue weighted by molar-refractivity contribution is 7.18. The monoisotopic (exact) mass is 811 g/mol. The third-order valence-electron chi connectivity index (χ3n) is 11.4. The number of aryl methyl sites for hydroxylation is 1. The van der Waals surface area contributed by atoms with Gasteiger partial charge in [0.2, 0.25) is 0 Å². The molecule has 58 heavy (non-hydrogen) atoms. The van der Waals surface area contributed by atoms with Gasteiger partial charge in [-0.3, -0.25) is 10.6 Å². The summed E-state index contributed by atoms with van der Waals surface area (Å²) in [6.45, 7) is 12.1. The van der Waals surface area contributed by atoms with Crippen LogP contribution in [-0.4, -0.2) is 36.7 Å². The first kappa shape index (κ1) is 45.0. The summed E-state index contributed by atoms with van der Waals surface area (Å²) in [6, 6.07) is 18.4. The molecule has 0 bridgehead atoms. The highest BCUT2D eigenvalue weighted by Gasteiger charge is 2.40. The van der Waals surface area contributed by atoms with Crippen LogP contribution in [0.3, 0.4) is 0 Å². The number of carbonyl (C=O) groups is 2. The van der Waals surface area contributed by atoms with Gasteiger partial charge < -0.3 is 18.9 Å². The van der Waals surface area contributed by atoms with Gasteiger partial charge in [-0.15, -0.1) is 17.9 Å². The van der Waals surface area contributed by atoms with Gasteiger partial charge in [0.1, 0.15) is 27.8 Å². The Kier molecular flexibility index (Phi) is 18.2. The fraction of sp³-hybridized carbons (Fsp3) is 0.521. The minimum absolute atomic E-state index is 0.142. The molecule has 1 aliphatic rings. The molecular weight excluding hydrogens is 747 g/mol. The van der Waals surface area contributed by atoms with Gasteiger partial charge in [-0.05, 0) is 118 Å². The van der Waals surface area contributed by atoms with E-state index in [1.54, 1.807) is 53.8 Å². The zero-order valence-electron chi connectivity index (χ0n) is 35.0. The molecule has 314 valence electrons. The fourth-order valence-corrected chi connectivity index (χ4v) is 9.13. The molecule has 5 rings (SSSR count). The third-order valence-corrected chi connectivity index (χ3v) is 12.6. The van der Waals surface area contributed by atoms with Crippen molar-refractivity contribution in [2.75, 3.05) is 19.8 Å². The van der Waals surface area contributed by atoms with Crippen LogP contribution >= 0.6 is 11.3 Å². The number of para-hydroxylation sites is 1. The number of esters is 2. The lowest BCUT2D eigenvalue weighted by Crippen LogP contribution is -2.48. The predicted octanol–water partition coefficient (Wildman–Crippen LogP) is 11.5. The van der Waals surface area contributed by atoms with Crippen LogP contribution in [0, 0.1) is 18.8 Å². The summed E-state index contributed by atoms with van der Waals surface area (Å²) in [5.41, 5.74) is 5.06. The Morgan fingerprint density at radius 3 is 2.31 bits per heavy atom. The molecule has 1 fully saturated rings. The first-order chi connectivity index (χ1) is 28.3. The summed E-state index contributed by atoms with van der Waals surface area (Å²) in [6.07, 6.45) is 17.8. The van der Waals surface area contributed by atoms with Crippen LogP contribution in [-0.2, 0) is 15.1 Å². The van der Waals surface area contributed by atoms with Crippen molar-refractivity contribution in [1.82, 2.24) is 10.4 Å². The molecule has 3 aromatic carbocycles. The molecule has 0 saturated heterocycles. The van der Waals surface area contributed by atoms with Gasteiger partial charge >= 0.3 is 11.9 Å². The van der Waals surface area contributed by atoms with Crippen molar-refractivity contribution in [2.24, 2.45) is 17.7 Å². The molecule has 0 aliphatic heterocycles. The number of fused-ring (bicyclic) bond motifs is 1. The van der Waals surface area contributed by atoms with E-state index in [1.165, 1.54) is 19.3 Å². The van der Waals surface area contributed by atoms with Gasteiger partial charge in [0.25, 0.3) is 0 Å². The van der Waals surface area contributed by atoms with E-state index in [0.29, 0.717) is 53.9 Å². The van der Waals surface area contributed by atoms with Gasteiger partial charge in [0.15, 0.2) is 0 Å². The summed E-state index contributed by atoms with van der Waals surface area (Å²) < 4.78 is 24.9. The zero-order valence-corrected chi connectivity index (χ0v) is 35.8. The van der Waals surface area contributed by atoms with Crippen LogP contribution in [0.4, 0.5) is 0 Å². The molecule has 0 radical (unpaired) electrons. The minimum atomic E-state index is -1.05. The Morgan fingerprint density at radius 1 is 0.879 bits per heavy atom. The number of carbonyl (C=O) groups excluding carboxylic acids is 2. The van der Waals surface area contributed by atoms with E-state index in [1.807, 2.05) is 12.1 Å². The molecule has 0 spiro atoms. The molecule has 1 aromatic heterocycles. The number of benzene rings is 3. The van der Waals surface area contributed by atoms with Crippen molar-refractivity contribution in [3.8, 4) is 17.2 Å². The minimum Gasteiger partial charge on any atom is -0.494 e. The molecule has 1 aliphatic carbocycles. The van der Waals surface area contributed by atoms with Gasteiger partial charge in [-0.1, -0.05) is 83.4 Å². The van der Waals surface area contributed by atoms with E-state index in [0.717, 1.165) is 104 Å². The SMILES string of the molecule is C=CCOCCCCCCOc1ccc(C(=O)Oc2ccc(OC(=O)C3CCC(CCCC)CC3)cc2C(CCCCCC)(NN)c2nc3c(C)cccc3s2)cc1. The first-order valence-electron chi connectivity index (χ1n) is 21.7. The number of rotatable bonds is 25. The maximum atomic E-state index is 13.9. The second kappa shape index (κ2) is 23.5. The first-order valence-corrected chi connectivity index (χ1v) is 22.5. The van der Waals surface area contributed by atoms with Crippen molar-refractivity contribution in [3.63, 3.8) is 0 Å². The Bertz CT molecular complexity index is 1890. The number of nitrogens with one attached hydrogen (secondary N) is 1. The number of hydrogen-bond donors (Lipinski definition) is 2. The molecule has 10 heteroatoms. The number of nitrogens with two attached hydrogens (primary N) is 1. The summed E-state index contributed by atoms with van der Waals surface area (Å²) in [5.74, 6) is 7.83. The second-order valence-electron chi connectivity index (χ2n) is 15.8. The smallest absolute Gasteiger partial charge is 0.343 e. The Labute approximate surface area is 350 Å². The fourth-order valence-electron chi connectivity index (χ4n) is 7.89. The third kappa shape index (κ3) is 12.5. The average Bonchev–Trinajstić information content (AvgIpc) is 3.70. The standard InChI is InChI=1S/C48H65N3O6S/c1-5-8-10-13-30-48(51-49,47-50-44-35(4)17-16-19-43(44)58-47)41-34-40(56-45(52)37-22-20-36(21-23-37)18-9-6-2)28-29-42(41)57-46(53)38-24-26-39(27-25-38)55-33-15-12-11-14-32-54-31-7-3/h7,16-17,19,24-29,34,36-37,51H,3,5-6,8-15,18,20-23,30-33,49H2,1-2,4H3. The van der Waals surface area contributed by atoms with Crippen molar-refractivity contribution >= 4 is 33.5 Å². The Hall–Kier alpha value is -4.09. The molecule has 9 nitrogen and oxygen atoms in total. The summed E-state index contributed by atoms with van der Waals surface area (Å²) in [5, 5.41) is 0.754. The van der Waals surface area contributed by atoms with Crippen LogP contribution in [0.1, 0.15) is 143 Å². The normalized spacial score (nSPS) is 16.5. The van der Waals surface area contributed by atoms with Crippen LogP contribution < -0.4 is 25.5 Å². The van der Waals surface area contributed by atoms with Crippen molar-refractivity contribution in [2.45, 2.75) is 129 Å². The lowest BCUT2D eigenvalue weighted by Gasteiger charge is -2.33. The molecule has 3 N–H and O–H groups in total. The van der Waals surface area contributed by atoms with E-state index in [9.17, 15) is 9.59 Å². The van der Waals surface area contributed by atoms with E-state index in [2.05, 4.69) is 44.9 Å². The van der Waals surface area contributed by atoms with Crippen LogP contribution in [0.2, 0.25) is 0 Å². The molecule has 1 heterocycles. The second-order valence-corrected chi connectivity index (χ2v) is 16.8. The highest BCUT2D eigenvalue weighted by atomic mass is 32.1. The molecule has 4 aromatic rings. The maximum absolute atomic E-state index is 13.9. The number of unbranched alkanes of at least 4 members (excludes halogenated alkanes) is 7. The van der Waals surface area contributed by atoms with Gasteiger partial charge in [0.05, 0.1) is 34.9 Å². The number of hydrazine groups is 1. The topological polar surface area (TPSA) is 122 Å². The van der Waals surface area contributed by atoms with Crippen LogP contribution in [0.25, 0.3) is 10.2 Å². The van der Waals surface area contributed by atoms with E-state index < -0.39 is 11.5 Å². The van der Waals surface area contributed by atoms with E-state index >= 15 is 0 Å². The van der Waals surface area contributed by atoms with E-state index in [4.69, 9.17) is 29.8 Å². The van der Waals surface area contributed by atoms with Crippen molar-refractivity contribution in [1.29, 1.82) is 0 Å². The number of hydrogen-bond acceptors (Lipinski definition) is 10. The quantitative estimate of drug-likeness (QED) is 0.0168. The highest BCUT2D eigenvalue weighted by Crippen LogP contribution is 2.45. The number of thiazole rings is 1. The number of aromatic nitrogens is 1. The maximum Gasteiger partial charge on any atom is 0.343 e. The van der Waals surface area contributed by atoms with Crippen LogP contribution in [0.5, 0.6) is 17.2 Å². The molecule has 1 atom stereocenters. The van der Waals surface area contributed by atoms with Crippen molar-refractivity contribution in [3.05, 3.63) is 95.0 Å². The zero-order chi connectivity index (χ0) is 41.2. The number of nitrogens with zero attached hydrogens (tertiary/aromatic N) is 1. The van der Waals surface area contributed by atoms with Crippen LogP contribution in [0.15, 0.2) is 73.3 Å². The lowest BCUT2D eigenvalue weighted by atomic mass is 9.80. The van der Waals surface area contributed by atoms with Gasteiger partial charge in [-0.25, -0.2) is 15.2 Å². The number of ether oxygens (including phenoxy) is 4. The predicted molar refractivity (Wildman–Crippen MR) is 235 cm³/mol. The Balaban J connectivity index is 1.39. The van der Waals surface area contributed by atoms with Gasteiger partial charge in [0, 0.05) is 12.2 Å². The van der Waals surface area contributed by atoms with Gasteiger partial charge in [-0.2, -0.15) is 0 Å². The molecule has 1 unspecified atom stereocenters. The van der Waals surface area contributed by atoms with Crippen molar-refractivity contribution < 1.29 is 28.5 Å². The summed E-state index contributed by atoms with van der Waals surface area (Å²) in [7, 11) is 0.